The summed E-state index contributed by atoms with van der Waals surface area (Å²) < 4.78 is 16.4. The van der Waals surface area contributed by atoms with E-state index in [9.17, 15) is 14.9 Å². The minimum Gasteiger partial charge on any atom is -0.455 e. The zero-order valence-electron chi connectivity index (χ0n) is 14.1. The van der Waals surface area contributed by atoms with Crippen molar-refractivity contribution in [1.82, 2.24) is 0 Å². The summed E-state index contributed by atoms with van der Waals surface area (Å²) >= 11 is 0. The van der Waals surface area contributed by atoms with Crippen LogP contribution in [0.5, 0.6) is 0 Å². The molecule has 0 amide bonds. The van der Waals surface area contributed by atoms with Crippen LogP contribution < -0.4 is 0 Å². The van der Waals surface area contributed by atoms with Crippen LogP contribution in [0.4, 0.5) is 5.69 Å². The number of ether oxygens (including phenoxy) is 2. The van der Waals surface area contributed by atoms with Gasteiger partial charge >= 0.3 is 5.97 Å². The van der Waals surface area contributed by atoms with Crippen LogP contribution in [0.25, 0.3) is 11.0 Å². The number of hydrogen-bond acceptors (Lipinski definition) is 6. The van der Waals surface area contributed by atoms with Gasteiger partial charge in [-0.1, -0.05) is 30.3 Å². The van der Waals surface area contributed by atoms with Gasteiger partial charge in [0.1, 0.15) is 12.2 Å². The first-order valence-electron chi connectivity index (χ1n) is 8.08. The number of benzene rings is 2. The molecule has 1 heterocycles. The highest BCUT2D eigenvalue weighted by atomic mass is 16.6. The first-order chi connectivity index (χ1) is 12.6. The Kier molecular flexibility index (Phi) is 5.28. The van der Waals surface area contributed by atoms with E-state index in [2.05, 4.69) is 0 Å². The molecule has 2 aromatic carbocycles. The van der Waals surface area contributed by atoms with E-state index in [-0.39, 0.29) is 24.7 Å². The molecule has 0 N–H and O–H groups in total. The summed E-state index contributed by atoms with van der Waals surface area (Å²) in [6.07, 6.45) is 0. The summed E-state index contributed by atoms with van der Waals surface area (Å²) in [6.45, 7) is 2.50. The fourth-order valence-electron chi connectivity index (χ4n) is 2.59. The molecule has 0 spiro atoms. The van der Waals surface area contributed by atoms with Gasteiger partial charge in [0.15, 0.2) is 0 Å². The highest BCUT2D eigenvalue weighted by Gasteiger charge is 2.22. The fourth-order valence-corrected chi connectivity index (χ4v) is 2.59. The summed E-state index contributed by atoms with van der Waals surface area (Å²) in [4.78, 5) is 22.8. The summed E-state index contributed by atoms with van der Waals surface area (Å²) in [5.74, 6) is -0.549. The molecule has 0 atom stereocenters. The SMILES string of the molecule is CCOCc1c(C(=O)OCc2cccc([N+](=O)[O-])c2)oc2ccccc12. The Morgan fingerprint density at radius 2 is 1.96 bits per heavy atom. The first-order valence-corrected chi connectivity index (χ1v) is 8.08. The molecule has 7 nitrogen and oxygen atoms in total. The van der Waals surface area contributed by atoms with Crippen molar-refractivity contribution in [3.8, 4) is 0 Å². The van der Waals surface area contributed by atoms with Crippen LogP contribution >= 0.6 is 0 Å². The van der Waals surface area contributed by atoms with Crippen molar-refractivity contribution in [2.75, 3.05) is 6.61 Å². The number of esters is 1. The molecule has 26 heavy (non-hydrogen) atoms. The summed E-state index contributed by atoms with van der Waals surface area (Å²) in [5.41, 5.74) is 1.67. The van der Waals surface area contributed by atoms with Gasteiger partial charge in [-0.15, -0.1) is 0 Å². The summed E-state index contributed by atoms with van der Waals surface area (Å²) in [5, 5.41) is 11.6. The van der Waals surface area contributed by atoms with Crippen LogP contribution in [0.2, 0.25) is 0 Å². The fraction of sp³-hybridized carbons (Fsp3) is 0.211. The zero-order chi connectivity index (χ0) is 18.5. The second-order valence-corrected chi connectivity index (χ2v) is 5.55. The average molecular weight is 355 g/mol. The topological polar surface area (TPSA) is 91.8 Å². The van der Waals surface area contributed by atoms with Crippen LogP contribution in [0.15, 0.2) is 52.9 Å². The number of nitro groups is 1. The number of nitrogens with zero attached hydrogens (tertiary/aromatic N) is 1. The molecule has 134 valence electrons. The maximum atomic E-state index is 12.5. The maximum absolute atomic E-state index is 12.5. The molecule has 0 unspecified atom stereocenters. The third-order valence-corrected chi connectivity index (χ3v) is 3.83. The van der Waals surface area contributed by atoms with Crippen molar-refractivity contribution >= 4 is 22.6 Å². The minimum atomic E-state index is -0.637. The van der Waals surface area contributed by atoms with Gasteiger partial charge in [-0.25, -0.2) is 4.79 Å². The van der Waals surface area contributed by atoms with Crippen molar-refractivity contribution in [2.45, 2.75) is 20.1 Å². The maximum Gasteiger partial charge on any atom is 0.374 e. The molecule has 0 saturated heterocycles. The van der Waals surface area contributed by atoms with Gasteiger partial charge in [-0.3, -0.25) is 10.1 Å². The molecule has 0 radical (unpaired) electrons. The second-order valence-electron chi connectivity index (χ2n) is 5.55. The molecule has 3 aromatic rings. The Bertz CT molecular complexity index is 946. The Labute approximate surface area is 149 Å². The van der Waals surface area contributed by atoms with Crippen molar-refractivity contribution < 1.29 is 23.6 Å². The van der Waals surface area contributed by atoms with Crippen LogP contribution in [0.3, 0.4) is 0 Å². The van der Waals surface area contributed by atoms with E-state index in [1.807, 2.05) is 25.1 Å². The smallest absolute Gasteiger partial charge is 0.374 e. The van der Waals surface area contributed by atoms with E-state index in [1.165, 1.54) is 12.1 Å². The number of nitro benzene ring substituents is 1. The molecule has 0 saturated carbocycles. The van der Waals surface area contributed by atoms with E-state index < -0.39 is 10.9 Å². The van der Waals surface area contributed by atoms with Crippen molar-refractivity contribution in [3.63, 3.8) is 0 Å². The normalized spacial score (nSPS) is 10.8. The highest BCUT2D eigenvalue weighted by molar-refractivity contribution is 5.96. The van der Waals surface area contributed by atoms with E-state index in [0.29, 0.717) is 23.3 Å². The highest BCUT2D eigenvalue weighted by Crippen LogP contribution is 2.27. The zero-order valence-corrected chi connectivity index (χ0v) is 14.1. The minimum absolute atomic E-state index is 0.0562. The molecule has 0 aliphatic rings. The van der Waals surface area contributed by atoms with Crippen LogP contribution in [-0.2, 0) is 22.7 Å². The van der Waals surface area contributed by atoms with Gasteiger partial charge in [0, 0.05) is 29.7 Å². The number of non-ortho nitro benzene ring substituents is 1. The van der Waals surface area contributed by atoms with E-state index in [1.54, 1.807) is 18.2 Å². The average Bonchev–Trinajstić information content (AvgIpc) is 3.03. The summed E-state index contributed by atoms with van der Waals surface area (Å²) in [6, 6.07) is 13.2. The Balaban J connectivity index is 1.81. The molecular weight excluding hydrogens is 338 g/mol. The van der Waals surface area contributed by atoms with Gasteiger partial charge < -0.3 is 13.9 Å². The number of para-hydroxylation sites is 1. The van der Waals surface area contributed by atoms with Crippen molar-refractivity contribution in [1.29, 1.82) is 0 Å². The number of fused-ring (bicyclic) bond motifs is 1. The van der Waals surface area contributed by atoms with Crippen LogP contribution in [0, 0.1) is 10.1 Å². The lowest BCUT2D eigenvalue weighted by molar-refractivity contribution is -0.384. The lowest BCUT2D eigenvalue weighted by Gasteiger charge is -2.05. The van der Waals surface area contributed by atoms with E-state index in [0.717, 1.165) is 5.39 Å². The monoisotopic (exact) mass is 355 g/mol. The van der Waals surface area contributed by atoms with E-state index >= 15 is 0 Å². The molecule has 1 aromatic heterocycles. The van der Waals surface area contributed by atoms with Crippen LogP contribution in [-0.4, -0.2) is 17.5 Å². The van der Waals surface area contributed by atoms with Gasteiger partial charge in [-0.05, 0) is 18.6 Å². The molecule has 3 rings (SSSR count). The lowest BCUT2D eigenvalue weighted by Crippen LogP contribution is -2.07. The standard InChI is InChI=1S/C19H17NO6/c1-2-24-12-16-15-8-3-4-9-17(15)26-18(16)19(21)25-11-13-6-5-7-14(10-13)20(22)23/h3-10H,2,11-12H2,1H3. The Hall–Kier alpha value is -3.19. The number of carbonyl (C=O) groups is 1. The predicted molar refractivity (Wildman–Crippen MR) is 93.8 cm³/mol. The molecular formula is C19H17NO6. The van der Waals surface area contributed by atoms with Gasteiger partial charge in [0.05, 0.1) is 11.5 Å². The van der Waals surface area contributed by atoms with Gasteiger partial charge in [-0.2, -0.15) is 0 Å². The van der Waals surface area contributed by atoms with Crippen molar-refractivity contribution in [3.05, 3.63) is 75.5 Å². The molecule has 0 aliphatic carbocycles. The third kappa shape index (κ3) is 3.73. The van der Waals surface area contributed by atoms with E-state index in [4.69, 9.17) is 13.9 Å². The second kappa shape index (κ2) is 7.79. The Morgan fingerprint density at radius 3 is 2.73 bits per heavy atom. The molecule has 0 fully saturated rings. The predicted octanol–water partition coefficient (Wildman–Crippen LogP) is 4.23. The number of hydrogen-bond donors (Lipinski definition) is 0. The molecule has 7 heteroatoms. The number of furan rings is 1. The van der Waals surface area contributed by atoms with Crippen molar-refractivity contribution in [2.24, 2.45) is 0 Å². The molecule has 0 aliphatic heterocycles. The largest absolute Gasteiger partial charge is 0.455 e. The molecule has 0 bridgehead atoms. The lowest BCUT2D eigenvalue weighted by atomic mass is 10.1. The third-order valence-electron chi connectivity index (χ3n) is 3.83. The van der Waals surface area contributed by atoms with Gasteiger partial charge in [0.2, 0.25) is 5.76 Å². The summed E-state index contributed by atoms with van der Waals surface area (Å²) in [7, 11) is 0. The number of carbonyl (C=O) groups excluding carboxylic acids is 1. The Morgan fingerprint density at radius 1 is 1.15 bits per heavy atom. The first kappa shape index (κ1) is 17.6. The quantitative estimate of drug-likeness (QED) is 0.358. The van der Waals surface area contributed by atoms with Gasteiger partial charge in [0.25, 0.3) is 5.69 Å². The number of rotatable bonds is 7. The van der Waals surface area contributed by atoms with Crippen LogP contribution in [0.1, 0.15) is 28.6 Å².